The first-order chi connectivity index (χ1) is 13.2. The summed E-state index contributed by atoms with van der Waals surface area (Å²) in [7, 11) is 0. The highest BCUT2D eigenvalue weighted by Gasteiger charge is 2.62. The Balaban J connectivity index is 0.000000706. The number of aliphatic hydroxyl groups excluding tert-OH is 3. The maximum absolute atomic E-state index is 12.3. The van der Waals surface area contributed by atoms with E-state index >= 15 is 0 Å². The lowest BCUT2D eigenvalue weighted by Crippen LogP contribution is -2.56. The lowest BCUT2D eigenvalue weighted by Gasteiger charge is -2.58. The number of hydrogen-bond donors (Lipinski definition) is 4. The first kappa shape index (κ1) is 21.4. The number of aliphatic hydroxyl groups is 4. The molecular formula is C22H32O6. The summed E-state index contributed by atoms with van der Waals surface area (Å²) >= 11 is 0. The van der Waals surface area contributed by atoms with E-state index in [0.29, 0.717) is 18.3 Å². The van der Waals surface area contributed by atoms with Gasteiger partial charge in [0.25, 0.3) is 0 Å². The van der Waals surface area contributed by atoms with Gasteiger partial charge in [0.2, 0.25) is 0 Å². The molecule has 0 aromatic carbocycles. The summed E-state index contributed by atoms with van der Waals surface area (Å²) < 4.78 is 0. The maximum Gasteiger partial charge on any atom is 0.178 e. The minimum atomic E-state index is -0.750. The van der Waals surface area contributed by atoms with Crippen molar-refractivity contribution < 1.29 is 30.0 Å². The molecule has 7 unspecified atom stereocenters. The van der Waals surface area contributed by atoms with Crippen molar-refractivity contribution in [3.63, 3.8) is 0 Å². The SMILES string of the molecule is CC12C=CC(=O)C=C1CCC1C2C(O)CC2(C)C(C(=O)CO)CCC12.OCO. The molecule has 3 saturated carbocycles. The molecule has 0 spiro atoms. The molecule has 4 N–H and O–H groups in total. The van der Waals surface area contributed by atoms with Gasteiger partial charge in [0.05, 0.1) is 6.10 Å². The van der Waals surface area contributed by atoms with Crippen molar-refractivity contribution in [2.75, 3.05) is 13.4 Å². The molecule has 0 radical (unpaired) electrons. The zero-order valence-electron chi connectivity index (χ0n) is 16.7. The number of Topliss-reactive ketones (excluding diaryl/α,β-unsaturated/α-hetero) is 1. The number of hydrogen-bond acceptors (Lipinski definition) is 6. The summed E-state index contributed by atoms with van der Waals surface area (Å²) in [4.78, 5) is 24.1. The molecule has 0 heterocycles. The maximum atomic E-state index is 12.3. The van der Waals surface area contributed by atoms with Crippen LogP contribution in [-0.4, -0.2) is 51.5 Å². The fourth-order valence-corrected chi connectivity index (χ4v) is 6.96. The molecule has 4 aliphatic rings. The third-order valence-electron chi connectivity index (χ3n) is 8.04. The molecule has 0 aromatic heterocycles. The highest BCUT2D eigenvalue weighted by Crippen LogP contribution is 2.65. The lowest BCUT2D eigenvalue weighted by molar-refractivity contribution is -0.141. The average Bonchev–Trinajstić information content (AvgIpc) is 2.98. The predicted octanol–water partition coefficient (Wildman–Crippen LogP) is 1.37. The van der Waals surface area contributed by atoms with Crippen LogP contribution in [0.2, 0.25) is 0 Å². The highest BCUT2D eigenvalue weighted by atomic mass is 16.5. The molecule has 3 fully saturated rings. The number of carbonyl (C=O) groups is 2. The third-order valence-corrected chi connectivity index (χ3v) is 8.04. The number of allylic oxidation sites excluding steroid dienone is 4. The number of fused-ring (bicyclic) bond motifs is 5. The van der Waals surface area contributed by atoms with Crippen LogP contribution in [0.15, 0.2) is 23.8 Å². The van der Waals surface area contributed by atoms with Gasteiger partial charge in [-0.3, -0.25) is 9.59 Å². The monoisotopic (exact) mass is 392 g/mol. The second kappa shape index (κ2) is 7.82. The van der Waals surface area contributed by atoms with Crippen LogP contribution < -0.4 is 0 Å². The van der Waals surface area contributed by atoms with Crippen LogP contribution in [0.3, 0.4) is 0 Å². The Labute approximate surface area is 166 Å². The Morgan fingerprint density at radius 3 is 2.50 bits per heavy atom. The van der Waals surface area contributed by atoms with E-state index < -0.39 is 19.5 Å². The molecule has 156 valence electrons. The minimum Gasteiger partial charge on any atom is -0.393 e. The van der Waals surface area contributed by atoms with Gasteiger partial charge in [-0.2, -0.15) is 0 Å². The molecule has 6 heteroatoms. The van der Waals surface area contributed by atoms with Gasteiger partial charge < -0.3 is 20.4 Å². The van der Waals surface area contributed by atoms with Crippen LogP contribution in [0.4, 0.5) is 0 Å². The summed E-state index contributed by atoms with van der Waals surface area (Å²) in [5.41, 5.74) is 0.688. The molecule has 0 bridgehead atoms. The second-order valence-corrected chi connectivity index (χ2v) is 9.20. The van der Waals surface area contributed by atoms with Gasteiger partial charge in [-0.15, -0.1) is 0 Å². The van der Waals surface area contributed by atoms with Crippen molar-refractivity contribution in [1.29, 1.82) is 0 Å². The molecule has 28 heavy (non-hydrogen) atoms. The van der Waals surface area contributed by atoms with Gasteiger partial charge in [0, 0.05) is 17.3 Å². The Bertz CT molecular complexity index is 697. The summed E-state index contributed by atoms with van der Waals surface area (Å²) in [6.45, 7) is 3.17. The van der Waals surface area contributed by atoms with Crippen LogP contribution in [0.5, 0.6) is 0 Å². The van der Waals surface area contributed by atoms with Crippen LogP contribution in [-0.2, 0) is 9.59 Å². The van der Waals surface area contributed by atoms with E-state index in [-0.39, 0.29) is 34.2 Å². The predicted molar refractivity (Wildman–Crippen MR) is 103 cm³/mol. The van der Waals surface area contributed by atoms with E-state index in [0.717, 1.165) is 31.3 Å². The Morgan fingerprint density at radius 2 is 1.86 bits per heavy atom. The van der Waals surface area contributed by atoms with Crippen molar-refractivity contribution in [2.45, 2.75) is 52.1 Å². The summed E-state index contributed by atoms with van der Waals surface area (Å²) in [5.74, 6) is 0.734. The molecule has 0 aromatic rings. The van der Waals surface area contributed by atoms with Crippen molar-refractivity contribution >= 4 is 11.6 Å². The Hall–Kier alpha value is -1.34. The quantitative estimate of drug-likeness (QED) is 0.528. The van der Waals surface area contributed by atoms with Crippen LogP contribution in [0.25, 0.3) is 0 Å². The second-order valence-electron chi connectivity index (χ2n) is 9.20. The van der Waals surface area contributed by atoms with Crippen LogP contribution in [0, 0.1) is 34.5 Å². The van der Waals surface area contributed by atoms with Gasteiger partial charge >= 0.3 is 0 Å². The number of rotatable bonds is 2. The zero-order valence-corrected chi connectivity index (χ0v) is 16.7. The molecular weight excluding hydrogens is 360 g/mol. The van der Waals surface area contributed by atoms with Crippen molar-refractivity contribution in [2.24, 2.45) is 34.5 Å². The first-order valence-corrected chi connectivity index (χ1v) is 10.2. The lowest BCUT2D eigenvalue weighted by atomic mass is 9.46. The smallest absolute Gasteiger partial charge is 0.178 e. The van der Waals surface area contributed by atoms with E-state index in [4.69, 9.17) is 10.2 Å². The summed E-state index contributed by atoms with van der Waals surface area (Å²) in [6, 6.07) is 0. The zero-order chi connectivity index (χ0) is 20.7. The molecule has 6 nitrogen and oxygen atoms in total. The van der Waals surface area contributed by atoms with Gasteiger partial charge in [-0.25, -0.2) is 0 Å². The van der Waals surface area contributed by atoms with Crippen LogP contribution in [0.1, 0.15) is 46.0 Å². The van der Waals surface area contributed by atoms with E-state index in [1.165, 1.54) is 0 Å². The Kier molecular flexibility index (Phi) is 5.97. The summed E-state index contributed by atoms with van der Waals surface area (Å²) in [6.07, 6.45) is 9.25. The summed E-state index contributed by atoms with van der Waals surface area (Å²) in [5, 5.41) is 34.7. The van der Waals surface area contributed by atoms with Gasteiger partial charge in [0.15, 0.2) is 11.6 Å². The molecule has 4 aliphatic carbocycles. The molecule has 0 amide bonds. The van der Waals surface area contributed by atoms with E-state index in [1.807, 2.05) is 6.08 Å². The molecule has 0 saturated heterocycles. The third kappa shape index (κ3) is 3.20. The standard InChI is InChI=1S/C21H28O4.CH4O2/c1-20-8-7-13(23)9-12(20)3-4-14-15-5-6-16(18(25)11-22)21(15,2)10-17(24)19(14)20;2-1-3/h7-9,14-17,19,22,24H,3-6,10-11H2,1-2H3;2-3H,1H2. The largest absolute Gasteiger partial charge is 0.393 e. The topological polar surface area (TPSA) is 115 Å². The molecule has 7 atom stereocenters. The Morgan fingerprint density at radius 1 is 1.18 bits per heavy atom. The highest BCUT2D eigenvalue weighted by molar-refractivity contribution is 6.01. The van der Waals surface area contributed by atoms with Crippen molar-refractivity contribution in [1.82, 2.24) is 0 Å². The van der Waals surface area contributed by atoms with Gasteiger partial charge in [-0.05, 0) is 61.5 Å². The fourth-order valence-electron chi connectivity index (χ4n) is 6.96. The number of carbonyl (C=O) groups excluding carboxylic acids is 2. The fraction of sp³-hybridized carbons (Fsp3) is 0.727. The van der Waals surface area contributed by atoms with E-state index in [9.17, 15) is 19.8 Å². The first-order valence-electron chi connectivity index (χ1n) is 10.2. The minimum absolute atomic E-state index is 0.0514. The molecule has 4 rings (SSSR count). The van der Waals surface area contributed by atoms with Crippen molar-refractivity contribution in [3.8, 4) is 0 Å². The normalized spacial score (nSPS) is 43.9. The van der Waals surface area contributed by atoms with Crippen LogP contribution >= 0.6 is 0 Å². The van der Waals surface area contributed by atoms with Gasteiger partial charge in [0.1, 0.15) is 13.4 Å². The van der Waals surface area contributed by atoms with Gasteiger partial charge in [-0.1, -0.05) is 25.5 Å². The number of ketones is 2. The molecule has 0 aliphatic heterocycles. The average molecular weight is 392 g/mol. The van der Waals surface area contributed by atoms with E-state index in [2.05, 4.69) is 13.8 Å². The van der Waals surface area contributed by atoms with Crippen molar-refractivity contribution in [3.05, 3.63) is 23.8 Å². The van der Waals surface area contributed by atoms with E-state index in [1.54, 1.807) is 12.2 Å².